The number of hydrogen-bond donors (Lipinski definition) is 1. The summed E-state index contributed by atoms with van der Waals surface area (Å²) in [6, 6.07) is 15.2. The number of hydrogen-bond acceptors (Lipinski definition) is 4. The number of benzene rings is 2. The molecule has 132 valence electrons. The van der Waals surface area contributed by atoms with Crippen LogP contribution in [0.25, 0.3) is 11.3 Å². The molecule has 2 heterocycles. The normalized spacial score (nSPS) is 12.2. The minimum atomic E-state index is -0.233. The van der Waals surface area contributed by atoms with E-state index in [0.717, 1.165) is 28.3 Å². The van der Waals surface area contributed by atoms with E-state index in [4.69, 9.17) is 9.47 Å². The summed E-state index contributed by atoms with van der Waals surface area (Å²) in [7, 11) is 0. The van der Waals surface area contributed by atoms with Gasteiger partial charge in [-0.1, -0.05) is 17.7 Å². The maximum Gasteiger partial charge on any atom is 0.276 e. The minimum absolute atomic E-state index is 0.232. The van der Waals surface area contributed by atoms with Crippen LogP contribution in [0.5, 0.6) is 11.5 Å². The van der Waals surface area contributed by atoms with E-state index in [0.29, 0.717) is 18.0 Å². The van der Waals surface area contributed by atoms with E-state index >= 15 is 0 Å². The van der Waals surface area contributed by atoms with Gasteiger partial charge in [0.1, 0.15) is 0 Å². The SMILES string of the molecule is CCn1nc(C(=O)Nc2ccc(C)cc2)cc1-c1ccc2c(c1)OCO2. The van der Waals surface area contributed by atoms with Crippen molar-refractivity contribution in [1.29, 1.82) is 0 Å². The topological polar surface area (TPSA) is 65.4 Å². The highest BCUT2D eigenvalue weighted by Gasteiger charge is 2.18. The van der Waals surface area contributed by atoms with Gasteiger partial charge >= 0.3 is 0 Å². The van der Waals surface area contributed by atoms with Crippen LogP contribution in [-0.2, 0) is 6.54 Å². The van der Waals surface area contributed by atoms with Crippen LogP contribution in [0.15, 0.2) is 48.5 Å². The fourth-order valence-corrected chi connectivity index (χ4v) is 2.89. The van der Waals surface area contributed by atoms with Crippen LogP contribution >= 0.6 is 0 Å². The van der Waals surface area contributed by atoms with Crippen molar-refractivity contribution in [2.45, 2.75) is 20.4 Å². The number of aromatic nitrogens is 2. The molecule has 0 bridgehead atoms. The first kappa shape index (κ1) is 16.2. The molecule has 0 atom stereocenters. The van der Waals surface area contributed by atoms with E-state index in [-0.39, 0.29) is 12.7 Å². The van der Waals surface area contributed by atoms with Crippen molar-refractivity contribution in [1.82, 2.24) is 9.78 Å². The van der Waals surface area contributed by atoms with E-state index < -0.39 is 0 Å². The molecule has 6 nitrogen and oxygen atoms in total. The number of rotatable bonds is 4. The smallest absolute Gasteiger partial charge is 0.276 e. The molecule has 1 aliphatic heterocycles. The quantitative estimate of drug-likeness (QED) is 0.777. The molecule has 1 N–H and O–H groups in total. The molecule has 4 rings (SSSR count). The van der Waals surface area contributed by atoms with Gasteiger partial charge in [-0.3, -0.25) is 9.48 Å². The molecule has 0 fully saturated rings. The Morgan fingerprint density at radius 1 is 1.12 bits per heavy atom. The van der Waals surface area contributed by atoms with E-state index in [1.165, 1.54) is 0 Å². The molecule has 1 aliphatic rings. The zero-order chi connectivity index (χ0) is 18.1. The zero-order valence-corrected chi connectivity index (χ0v) is 14.7. The summed E-state index contributed by atoms with van der Waals surface area (Å²) in [5.74, 6) is 1.20. The third-order valence-corrected chi connectivity index (χ3v) is 4.29. The molecule has 1 amide bonds. The Kier molecular flexibility index (Phi) is 4.08. The van der Waals surface area contributed by atoms with Crippen molar-refractivity contribution < 1.29 is 14.3 Å². The van der Waals surface area contributed by atoms with Crippen LogP contribution in [0.3, 0.4) is 0 Å². The summed E-state index contributed by atoms with van der Waals surface area (Å²) in [6.45, 7) is 4.88. The lowest BCUT2D eigenvalue weighted by molar-refractivity contribution is 0.102. The number of carbonyl (C=O) groups excluding carboxylic acids is 1. The van der Waals surface area contributed by atoms with Gasteiger partial charge in [-0.15, -0.1) is 0 Å². The first-order chi connectivity index (χ1) is 12.6. The molecule has 0 spiro atoms. The average molecular weight is 349 g/mol. The van der Waals surface area contributed by atoms with Gasteiger partial charge in [-0.05, 0) is 50.2 Å². The van der Waals surface area contributed by atoms with Gasteiger partial charge in [0.15, 0.2) is 17.2 Å². The van der Waals surface area contributed by atoms with Crippen molar-refractivity contribution in [2.24, 2.45) is 0 Å². The maximum atomic E-state index is 12.6. The summed E-state index contributed by atoms with van der Waals surface area (Å²) in [4.78, 5) is 12.6. The van der Waals surface area contributed by atoms with Gasteiger partial charge < -0.3 is 14.8 Å². The molecular formula is C20H19N3O3. The Balaban J connectivity index is 1.62. The first-order valence-corrected chi connectivity index (χ1v) is 8.50. The van der Waals surface area contributed by atoms with Crippen LogP contribution in [0, 0.1) is 6.92 Å². The lowest BCUT2D eigenvalue weighted by Crippen LogP contribution is -2.13. The van der Waals surface area contributed by atoms with Gasteiger partial charge in [-0.2, -0.15) is 5.10 Å². The average Bonchev–Trinajstić information content (AvgIpc) is 3.29. The zero-order valence-electron chi connectivity index (χ0n) is 14.7. The Morgan fingerprint density at radius 2 is 1.88 bits per heavy atom. The number of anilines is 1. The molecule has 2 aromatic carbocycles. The van der Waals surface area contributed by atoms with Crippen molar-refractivity contribution >= 4 is 11.6 Å². The second-order valence-electron chi connectivity index (χ2n) is 6.12. The fraction of sp³-hybridized carbons (Fsp3) is 0.200. The predicted molar refractivity (Wildman–Crippen MR) is 98.6 cm³/mol. The molecule has 1 aromatic heterocycles. The highest BCUT2D eigenvalue weighted by Crippen LogP contribution is 2.36. The van der Waals surface area contributed by atoms with Crippen LogP contribution < -0.4 is 14.8 Å². The Labute approximate surface area is 151 Å². The van der Waals surface area contributed by atoms with Gasteiger partial charge in [0, 0.05) is 17.8 Å². The largest absolute Gasteiger partial charge is 0.454 e. The van der Waals surface area contributed by atoms with Crippen LogP contribution in [0.4, 0.5) is 5.69 Å². The van der Waals surface area contributed by atoms with Crippen molar-refractivity contribution in [3.8, 4) is 22.8 Å². The monoisotopic (exact) mass is 349 g/mol. The van der Waals surface area contributed by atoms with Crippen molar-refractivity contribution in [3.63, 3.8) is 0 Å². The van der Waals surface area contributed by atoms with Crippen molar-refractivity contribution in [2.75, 3.05) is 12.1 Å². The molecule has 0 radical (unpaired) electrons. The third kappa shape index (κ3) is 3.01. The number of fused-ring (bicyclic) bond motifs is 1. The molecular weight excluding hydrogens is 330 g/mol. The number of nitrogens with one attached hydrogen (secondary N) is 1. The molecule has 6 heteroatoms. The number of nitrogens with zero attached hydrogens (tertiary/aromatic N) is 2. The molecule has 0 unspecified atom stereocenters. The molecule has 0 aliphatic carbocycles. The first-order valence-electron chi connectivity index (χ1n) is 8.50. The highest BCUT2D eigenvalue weighted by atomic mass is 16.7. The van der Waals surface area contributed by atoms with Gasteiger partial charge in [0.05, 0.1) is 5.69 Å². The lowest BCUT2D eigenvalue weighted by Gasteiger charge is -2.05. The van der Waals surface area contributed by atoms with E-state index in [9.17, 15) is 4.79 Å². The lowest BCUT2D eigenvalue weighted by atomic mass is 10.1. The summed E-state index contributed by atoms with van der Waals surface area (Å²) in [5.41, 5.74) is 4.05. The molecule has 26 heavy (non-hydrogen) atoms. The molecule has 0 saturated heterocycles. The number of carbonyl (C=O) groups is 1. The van der Waals surface area contributed by atoms with Crippen LogP contribution in [0.2, 0.25) is 0 Å². The number of ether oxygens (including phenoxy) is 2. The number of aryl methyl sites for hydroxylation is 2. The van der Waals surface area contributed by atoms with E-state index in [2.05, 4.69) is 10.4 Å². The Morgan fingerprint density at radius 3 is 2.65 bits per heavy atom. The molecule has 3 aromatic rings. The van der Waals surface area contributed by atoms with E-state index in [1.54, 1.807) is 6.07 Å². The fourth-order valence-electron chi connectivity index (χ4n) is 2.89. The van der Waals surface area contributed by atoms with Gasteiger partial charge in [0.25, 0.3) is 5.91 Å². The van der Waals surface area contributed by atoms with Gasteiger partial charge in [0.2, 0.25) is 6.79 Å². The number of amides is 1. The minimum Gasteiger partial charge on any atom is -0.454 e. The standard InChI is InChI=1S/C20H19N3O3/c1-3-23-17(14-6-9-18-19(10-14)26-12-25-18)11-16(22-23)20(24)21-15-7-4-13(2)5-8-15/h4-11H,3,12H2,1-2H3,(H,21,24). The summed E-state index contributed by atoms with van der Waals surface area (Å²) in [6.07, 6.45) is 0. The second-order valence-corrected chi connectivity index (χ2v) is 6.12. The van der Waals surface area contributed by atoms with E-state index in [1.807, 2.05) is 61.0 Å². The highest BCUT2D eigenvalue weighted by molar-refractivity contribution is 6.03. The summed E-state index contributed by atoms with van der Waals surface area (Å²) >= 11 is 0. The maximum absolute atomic E-state index is 12.6. The van der Waals surface area contributed by atoms with Crippen molar-refractivity contribution in [3.05, 3.63) is 59.8 Å². The Bertz CT molecular complexity index is 961. The molecule has 0 saturated carbocycles. The Hall–Kier alpha value is -3.28. The summed E-state index contributed by atoms with van der Waals surface area (Å²) in [5, 5.41) is 7.33. The van der Waals surface area contributed by atoms with Gasteiger partial charge in [-0.25, -0.2) is 0 Å². The second kappa shape index (κ2) is 6.55. The van der Waals surface area contributed by atoms with Crippen LogP contribution in [-0.4, -0.2) is 22.5 Å². The predicted octanol–water partition coefficient (Wildman–Crippen LogP) is 3.86. The third-order valence-electron chi connectivity index (χ3n) is 4.29. The summed E-state index contributed by atoms with van der Waals surface area (Å²) < 4.78 is 12.6. The van der Waals surface area contributed by atoms with Crippen LogP contribution in [0.1, 0.15) is 23.0 Å².